The minimum Gasteiger partial charge on any atom is -0.367 e. The summed E-state index contributed by atoms with van der Waals surface area (Å²) in [4.78, 5) is 6.45. The number of hydrogen-bond donors (Lipinski definition) is 2. The predicted octanol–water partition coefficient (Wildman–Crippen LogP) is 1.41. The zero-order valence-electron chi connectivity index (χ0n) is 9.86. The van der Waals surface area contributed by atoms with Gasteiger partial charge in [0, 0.05) is 23.6 Å². The van der Waals surface area contributed by atoms with Gasteiger partial charge in [0.1, 0.15) is 0 Å². The van der Waals surface area contributed by atoms with Crippen LogP contribution in [0.3, 0.4) is 0 Å². The first kappa shape index (κ1) is 11.6. The van der Waals surface area contributed by atoms with E-state index in [4.69, 9.17) is 5.73 Å². The van der Waals surface area contributed by atoms with Crippen molar-refractivity contribution in [2.75, 3.05) is 31.7 Å². The molecule has 0 aromatic carbocycles. The molecule has 1 aromatic rings. The highest BCUT2D eigenvalue weighted by Crippen LogP contribution is 2.34. The SMILES string of the molecule is CN(C)C1(CNc2nc(N)ns2)CCCC1. The van der Waals surface area contributed by atoms with E-state index in [1.807, 2.05) is 0 Å². The Bertz CT molecular complexity index is 343. The molecule has 1 aliphatic carbocycles. The summed E-state index contributed by atoms with van der Waals surface area (Å²) < 4.78 is 3.96. The van der Waals surface area contributed by atoms with Gasteiger partial charge in [0.05, 0.1) is 0 Å². The van der Waals surface area contributed by atoms with Gasteiger partial charge in [0.25, 0.3) is 0 Å². The highest BCUT2D eigenvalue weighted by molar-refractivity contribution is 7.09. The van der Waals surface area contributed by atoms with Gasteiger partial charge in [-0.25, -0.2) is 0 Å². The van der Waals surface area contributed by atoms with Gasteiger partial charge in [0.15, 0.2) is 0 Å². The second kappa shape index (κ2) is 4.55. The summed E-state index contributed by atoms with van der Waals surface area (Å²) in [6.45, 7) is 0.925. The fraction of sp³-hybridized carbons (Fsp3) is 0.800. The minimum atomic E-state index is 0.278. The first-order valence-electron chi connectivity index (χ1n) is 5.63. The zero-order valence-corrected chi connectivity index (χ0v) is 10.7. The van der Waals surface area contributed by atoms with Gasteiger partial charge in [0.2, 0.25) is 11.1 Å². The summed E-state index contributed by atoms with van der Waals surface area (Å²) in [6.07, 6.45) is 5.14. The predicted molar refractivity (Wildman–Crippen MR) is 67.7 cm³/mol. The number of anilines is 2. The second-order valence-corrected chi connectivity index (χ2v) is 5.39. The van der Waals surface area contributed by atoms with E-state index < -0.39 is 0 Å². The maximum atomic E-state index is 5.49. The van der Waals surface area contributed by atoms with Crippen molar-refractivity contribution in [1.82, 2.24) is 14.3 Å². The van der Waals surface area contributed by atoms with Crippen LogP contribution in [0.2, 0.25) is 0 Å². The first-order chi connectivity index (χ1) is 7.62. The molecule has 3 N–H and O–H groups in total. The molecule has 0 saturated heterocycles. The lowest BCUT2D eigenvalue weighted by molar-refractivity contribution is 0.172. The lowest BCUT2D eigenvalue weighted by atomic mass is 9.96. The molecule has 1 saturated carbocycles. The summed E-state index contributed by atoms with van der Waals surface area (Å²) in [7, 11) is 4.31. The smallest absolute Gasteiger partial charge is 0.233 e. The molecule has 5 nitrogen and oxygen atoms in total. The molecule has 0 unspecified atom stereocenters. The van der Waals surface area contributed by atoms with Crippen molar-refractivity contribution in [2.45, 2.75) is 31.2 Å². The van der Waals surface area contributed by atoms with Crippen LogP contribution in [0.15, 0.2) is 0 Å². The molecule has 6 heteroatoms. The summed E-state index contributed by atoms with van der Waals surface area (Å²) >= 11 is 1.33. The molecule has 0 spiro atoms. The number of nitrogens with one attached hydrogen (secondary N) is 1. The summed E-state index contributed by atoms with van der Waals surface area (Å²) in [5.74, 6) is 0.359. The maximum Gasteiger partial charge on any atom is 0.233 e. The van der Waals surface area contributed by atoms with Gasteiger partial charge < -0.3 is 16.0 Å². The van der Waals surface area contributed by atoms with Gasteiger partial charge in [-0.05, 0) is 26.9 Å². The minimum absolute atomic E-state index is 0.278. The zero-order chi connectivity index (χ0) is 11.6. The van der Waals surface area contributed by atoms with Gasteiger partial charge in [-0.2, -0.15) is 9.36 Å². The van der Waals surface area contributed by atoms with Crippen molar-refractivity contribution in [3.63, 3.8) is 0 Å². The molecule has 2 rings (SSSR count). The molecule has 0 aliphatic heterocycles. The van der Waals surface area contributed by atoms with E-state index in [1.165, 1.54) is 37.2 Å². The molecule has 1 aliphatic rings. The van der Waals surface area contributed by atoms with Gasteiger partial charge >= 0.3 is 0 Å². The average Bonchev–Trinajstić information content (AvgIpc) is 2.84. The molecular formula is C10H19N5S. The van der Waals surface area contributed by atoms with E-state index in [1.54, 1.807) is 0 Å². The highest BCUT2D eigenvalue weighted by Gasteiger charge is 2.35. The van der Waals surface area contributed by atoms with Crippen molar-refractivity contribution in [1.29, 1.82) is 0 Å². The molecule has 1 heterocycles. The average molecular weight is 241 g/mol. The third kappa shape index (κ3) is 2.27. The molecule has 0 amide bonds. The van der Waals surface area contributed by atoms with E-state index in [0.717, 1.165) is 11.7 Å². The Hall–Kier alpha value is -0.880. The van der Waals surface area contributed by atoms with Crippen LogP contribution in [0, 0.1) is 0 Å². The largest absolute Gasteiger partial charge is 0.367 e. The van der Waals surface area contributed by atoms with Crippen LogP contribution >= 0.6 is 11.5 Å². The third-order valence-corrected chi connectivity index (χ3v) is 4.18. The lowest BCUT2D eigenvalue weighted by Crippen LogP contribution is -2.47. The van der Waals surface area contributed by atoms with Crippen molar-refractivity contribution < 1.29 is 0 Å². The van der Waals surface area contributed by atoms with Gasteiger partial charge in [-0.1, -0.05) is 12.8 Å². The molecule has 0 atom stereocenters. The molecule has 1 aromatic heterocycles. The Morgan fingerprint density at radius 3 is 2.62 bits per heavy atom. The number of nitrogens with zero attached hydrogens (tertiary/aromatic N) is 3. The molecule has 16 heavy (non-hydrogen) atoms. The molecular weight excluding hydrogens is 222 g/mol. The van der Waals surface area contributed by atoms with Crippen LogP contribution in [0.25, 0.3) is 0 Å². The monoisotopic (exact) mass is 241 g/mol. The van der Waals surface area contributed by atoms with E-state index >= 15 is 0 Å². The van der Waals surface area contributed by atoms with Crippen LogP contribution < -0.4 is 11.1 Å². The summed E-state index contributed by atoms with van der Waals surface area (Å²) in [5.41, 5.74) is 5.77. The van der Waals surface area contributed by atoms with Crippen LogP contribution in [0.5, 0.6) is 0 Å². The number of hydrogen-bond acceptors (Lipinski definition) is 6. The van der Waals surface area contributed by atoms with E-state index in [9.17, 15) is 0 Å². The van der Waals surface area contributed by atoms with Crippen LogP contribution in [-0.4, -0.2) is 40.4 Å². The quantitative estimate of drug-likeness (QED) is 0.834. The van der Waals surface area contributed by atoms with E-state index in [2.05, 4.69) is 33.7 Å². The number of aromatic nitrogens is 2. The fourth-order valence-corrected chi connectivity index (χ4v) is 2.85. The summed E-state index contributed by atoms with van der Waals surface area (Å²) in [5, 5.41) is 4.18. The number of nitrogen functional groups attached to an aromatic ring is 1. The van der Waals surface area contributed by atoms with Crippen molar-refractivity contribution in [2.24, 2.45) is 0 Å². The van der Waals surface area contributed by atoms with Gasteiger partial charge in [-0.3, -0.25) is 0 Å². The number of nitrogens with two attached hydrogens (primary N) is 1. The molecule has 0 bridgehead atoms. The standard InChI is InChI=1S/C10H19N5S/c1-15(2)10(5-3-4-6-10)7-12-9-13-8(11)14-16-9/h3-7H2,1-2H3,(H3,11,12,13,14). The Labute approximate surface area is 100 Å². The van der Waals surface area contributed by atoms with Crippen molar-refractivity contribution >= 4 is 22.6 Å². The second-order valence-electron chi connectivity index (χ2n) is 4.64. The maximum absolute atomic E-state index is 5.49. The first-order valence-corrected chi connectivity index (χ1v) is 6.40. The Kier molecular flexibility index (Phi) is 3.30. The van der Waals surface area contributed by atoms with Crippen LogP contribution in [0.1, 0.15) is 25.7 Å². The molecule has 0 radical (unpaired) electrons. The van der Waals surface area contributed by atoms with E-state index in [0.29, 0.717) is 5.95 Å². The van der Waals surface area contributed by atoms with Gasteiger partial charge in [-0.15, -0.1) is 0 Å². The van der Waals surface area contributed by atoms with Crippen molar-refractivity contribution in [3.05, 3.63) is 0 Å². The van der Waals surface area contributed by atoms with Crippen molar-refractivity contribution in [3.8, 4) is 0 Å². The van der Waals surface area contributed by atoms with Crippen LogP contribution in [-0.2, 0) is 0 Å². The normalized spacial score (nSPS) is 19.2. The highest BCUT2D eigenvalue weighted by atomic mass is 32.1. The molecule has 1 fully saturated rings. The number of rotatable bonds is 4. The van der Waals surface area contributed by atoms with Crippen LogP contribution in [0.4, 0.5) is 11.1 Å². The Morgan fingerprint density at radius 1 is 1.44 bits per heavy atom. The summed E-state index contributed by atoms with van der Waals surface area (Å²) in [6, 6.07) is 0. The third-order valence-electron chi connectivity index (χ3n) is 3.49. The Balaban J connectivity index is 1.97. The lowest BCUT2D eigenvalue weighted by Gasteiger charge is -2.36. The number of likely N-dealkylation sites (N-methyl/N-ethyl adjacent to an activating group) is 1. The molecule has 90 valence electrons. The fourth-order valence-electron chi connectivity index (χ4n) is 2.36. The Morgan fingerprint density at radius 2 is 2.12 bits per heavy atom. The topological polar surface area (TPSA) is 67.1 Å². The van der Waals surface area contributed by atoms with E-state index in [-0.39, 0.29) is 5.54 Å².